The van der Waals surface area contributed by atoms with Gasteiger partial charge in [-0.1, -0.05) is 6.07 Å². The van der Waals surface area contributed by atoms with Crippen molar-refractivity contribution in [1.29, 1.82) is 0 Å². The monoisotopic (exact) mass is 272 g/mol. The third-order valence-electron chi connectivity index (χ3n) is 3.90. The van der Waals surface area contributed by atoms with Gasteiger partial charge < -0.3 is 10.1 Å². The van der Waals surface area contributed by atoms with E-state index in [0.717, 1.165) is 37.4 Å². The van der Waals surface area contributed by atoms with Crippen molar-refractivity contribution in [2.75, 3.05) is 13.2 Å². The number of rotatable bonds is 5. The van der Waals surface area contributed by atoms with Crippen LogP contribution in [0.1, 0.15) is 29.3 Å². The number of nitrogens with one attached hydrogen (secondary N) is 2. The lowest BCUT2D eigenvalue weighted by Gasteiger charge is -2.18. The van der Waals surface area contributed by atoms with E-state index in [0.29, 0.717) is 5.92 Å². The first-order valence-corrected chi connectivity index (χ1v) is 7.06. The third kappa shape index (κ3) is 2.89. The second-order valence-electron chi connectivity index (χ2n) is 5.25. The summed E-state index contributed by atoms with van der Waals surface area (Å²) < 4.78 is 5.82. The predicted molar refractivity (Wildman–Crippen MR) is 76.1 cm³/mol. The topological polar surface area (TPSA) is 62.8 Å². The highest BCUT2D eigenvalue weighted by molar-refractivity contribution is 5.18. The number of hydrogen-bond donors (Lipinski definition) is 2. The molecule has 1 saturated heterocycles. The van der Waals surface area contributed by atoms with Crippen LogP contribution in [0.4, 0.5) is 0 Å². The normalized spacial score (nSPS) is 22.2. The Hall–Kier alpha value is -1.72. The van der Waals surface area contributed by atoms with Crippen molar-refractivity contribution in [3.05, 3.63) is 47.5 Å². The van der Waals surface area contributed by atoms with Crippen LogP contribution in [-0.4, -0.2) is 28.3 Å². The summed E-state index contributed by atoms with van der Waals surface area (Å²) in [5.74, 6) is 0.504. The van der Waals surface area contributed by atoms with E-state index in [1.807, 2.05) is 31.6 Å². The van der Waals surface area contributed by atoms with Gasteiger partial charge in [-0.3, -0.25) is 10.1 Å². The Kier molecular flexibility index (Phi) is 4.08. The summed E-state index contributed by atoms with van der Waals surface area (Å²) in [5.41, 5.74) is 3.49. The Balaban J connectivity index is 1.54. The Labute approximate surface area is 118 Å². The lowest BCUT2D eigenvalue weighted by Crippen LogP contribution is -2.24. The molecule has 0 amide bonds. The van der Waals surface area contributed by atoms with Crippen molar-refractivity contribution in [1.82, 2.24) is 20.5 Å². The van der Waals surface area contributed by atoms with Gasteiger partial charge in [0.2, 0.25) is 0 Å². The molecule has 0 radical (unpaired) electrons. The molecule has 1 aliphatic rings. The molecule has 3 heterocycles. The summed E-state index contributed by atoms with van der Waals surface area (Å²) in [6, 6.07) is 4.10. The first-order chi connectivity index (χ1) is 9.84. The van der Waals surface area contributed by atoms with Crippen LogP contribution in [0.2, 0.25) is 0 Å². The largest absolute Gasteiger partial charge is 0.373 e. The predicted octanol–water partition coefficient (Wildman–Crippen LogP) is 1.98. The highest BCUT2D eigenvalue weighted by Crippen LogP contribution is 2.33. The average Bonchev–Trinajstić information content (AvgIpc) is 3.11. The SMILES string of the molecule is Cc1ncccc1CNC[C@H]1CCO[C@@H]1c1cn[nH]c1. The number of aromatic nitrogens is 3. The van der Waals surface area contributed by atoms with Gasteiger partial charge >= 0.3 is 0 Å². The van der Waals surface area contributed by atoms with Crippen LogP contribution in [0.25, 0.3) is 0 Å². The zero-order valence-electron chi connectivity index (χ0n) is 11.7. The highest BCUT2D eigenvalue weighted by atomic mass is 16.5. The molecule has 0 unspecified atom stereocenters. The van der Waals surface area contributed by atoms with Crippen LogP contribution in [0.3, 0.4) is 0 Å². The molecule has 20 heavy (non-hydrogen) atoms. The molecule has 2 N–H and O–H groups in total. The van der Waals surface area contributed by atoms with Gasteiger partial charge in [-0.2, -0.15) is 5.10 Å². The minimum atomic E-state index is 0.163. The number of H-pyrrole nitrogens is 1. The molecule has 0 aliphatic carbocycles. The smallest absolute Gasteiger partial charge is 0.0896 e. The van der Waals surface area contributed by atoms with Crippen LogP contribution >= 0.6 is 0 Å². The molecule has 2 aromatic rings. The molecule has 3 rings (SSSR count). The van der Waals surface area contributed by atoms with Gasteiger partial charge in [0.1, 0.15) is 0 Å². The van der Waals surface area contributed by atoms with E-state index >= 15 is 0 Å². The van der Waals surface area contributed by atoms with Gasteiger partial charge in [-0.15, -0.1) is 0 Å². The van der Waals surface area contributed by atoms with Gasteiger partial charge in [0.05, 0.1) is 12.3 Å². The Morgan fingerprint density at radius 3 is 3.25 bits per heavy atom. The van der Waals surface area contributed by atoms with E-state index in [9.17, 15) is 0 Å². The first-order valence-electron chi connectivity index (χ1n) is 7.06. The summed E-state index contributed by atoms with van der Waals surface area (Å²) in [4.78, 5) is 4.31. The fourth-order valence-corrected chi connectivity index (χ4v) is 2.72. The molecule has 0 spiro atoms. The Bertz CT molecular complexity index is 541. The summed E-state index contributed by atoms with van der Waals surface area (Å²) in [5, 5.41) is 10.4. The average molecular weight is 272 g/mol. The molecule has 1 aliphatic heterocycles. The molecule has 0 aromatic carbocycles. The summed E-state index contributed by atoms with van der Waals surface area (Å²) in [7, 11) is 0. The lowest BCUT2D eigenvalue weighted by molar-refractivity contribution is 0.0905. The zero-order valence-corrected chi connectivity index (χ0v) is 11.7. The number of aryl methyl sites for hydroxylation is 1. The number of nitrogens with zero attached hydrogens (tertiary/aromatic N) is 2. The number of aromatic amines is 1. The molecule has 2 aromatic heterocycles. The molecular weight excluding hydrogens is 252 g/mol. The molecule has 1 fully saturated rings. The molecule has 0 bridgehead atoms. The Morgan fingerprint density at radius 1 is 1.50 bits per heavy atom. The van der Waals surface area contributed by atoms with Crippen LogP contribution < -0.4 is 5.32 Å². The van der Waals surface area contributed by atoms with Crippen molar-refractivity contribution in [2.24, 2.45) is 5.92 Å². The maximum atomic E-state index is 5.82. The quantitative estimate of drug-likeness (QED) is 0.873. The minimum absolute atomic E-state index is 0.163. The van der Waals surface area contributed by atoms with Gasteiger partial charge in [-0.05, 0) is 25.0 Å². The van der Waals surface area contributed by atoms with Gasteiger partial charge in [-0.25, -0.2) is 0 Å². The standard InChI is InChI=1S/C15H20N4O/c1-11-12(3-2-5-17-11)7-16-8-13-4-6-20-15(13)14-9-18-19-10-14/h2-3,5,9-10,13,15-16H,4,6-8H2,1H3,(H,18,19)/t13-,15+/m1/s1. The first kappa shape index (κ1) is 13.3. The maximum Gasteiger partial charge on any atom is 0.0896 e. The van der Waals surface area contributed by atoms with Crippen molar-refractivity contribution in [3.63, 3.8) is 0 Å². The van der Waals surface area contributed by atoms with Gasteiger partial charge in [0, 0.05) is 49.3 Å². The number of pyridine rings is 1. The van der Waals surface area contributed by atoms with Crippen LogP contribution in [0.15, 0.2) is 30.7 Å². The van der Waals surface area contributed by atoms with Gasteiger partial charge in [0.25, 0.3) is 0 Å². The van der Waals surface area contributed by atoms with Crippen LogP contribution in [0.5, 0.6) is 0 Å². The summed E-state index contributed by atoms with van der Waals surface area (Å²) in [6.07, 6.45) is 6.87. The van der Waals surface area contributed by atoms with E-state index < -0.39 is 0 Å². The van der Waals surface area contributed by atoms with Crippen LogP contribution in [0, 0.1) is 12.8 Å². The van der Waals surface area contributed by atoms with Crippen molar-refractivity contribution >= 4 is 0 Å². The molecular formula is C15H20N4O. The van der Waals surface area contributed by atoms with Crippen LogP contribution in [-0.2, 0) is 11.3 Å². The summed E-state index contributed by atoms with van der Waals surface area (Å²) in [6.45, 7) is 4.68. The second-order valence-corrected chi connectivity index (χ2v) is 5.25. The van der Waals surface area contributed by atoms with E-state index in [1.165, 1.54) is 5.56 Å². The maximum absolute atomic E-state index is 5.82. The lowest BCUT2D eigenvalue weighted by atomic mass is 9.97. The fraction of sp³-hybridized carbons (Fsp3) is 0.467. The number of ether oxygens (including phenoxy) is 1. The van der Waals surface area contributed by atoms with E-state index in [4.69, 9.17) is 4.74 Å². The third-order valence-corrected chi connectivity index (χ3v) is 3.90. The van der Waals surface area contributed by atoms with E-state index in [-0.39, 0.29) is 6.10 Å². The molecule has 106 valence electrons. The Morgan fingerprint density at radius 2 is 2.45 bits per heavy atom. The van der Waals surface area contributed by atoms with Gasteiger partial charge in [0.15, 0.2) is 0 Å². The summed E-state index contributed by atoms with van der Waals surface area (Å²) >= 11 is 0. The fourth-order valence-electron chi connectivity index (χ4n) is 2.72. The van der Waals surface area contributed by atoms with E-state index in [2.05, 4.69) is 26.6 Å². The van der Waals surface area contributed by atoms with Crippen molar-refractivity contribution < 1.29 is 4.74 Å². The molecule has 5 nitrogen and oxygen atoms in total. The van der Waals surface area contributed by atoms with E-state index in [1.54, 1.807) is 0 Å². The molecule has 5 heteroatoms. The highest BCUT2D eigenvalue weighted by Gasteiger charge is 2.29. The second kappa shape index (κ2) is 6.15. The number of hydrogen-bond acceptors (Lipinski definition) is 4. The van der Waals surface area contributed by atoms with Crippen molar-refractivity contribution in [3.8, 4) is 0 Å². The zero-order chi connectivity index (χ0) is 13.8. The molecule has 2 atom stereocenters. The minimum Gasteiger partial charge on any atom is -0.373 e. The molecule has 0 saturated carbocycles. The van der Waals surface area contributed by atoms with Crippen molar-refractivity contribution in [2.45, 2.75) is 26.0 Å².